The van der Waals surface area contributed by atoms with Crippen molar-refractivity contribution < 1.29 is 31.7 Å². The van der Waals surface area contributed by atoms with E-state index in [0.717, 1.165) is 0 Å². The number of carboxylic acid groups (broad SMARTS) is 1. The van der Waals surface area contributed by atoms with E-state index in [2.05, 4.69) is 9.19 Å². The van der Waals surface area contributed by atoms with Crippen LogP contribution in [0.1, 0.15) is 6.92 Å². The molecule has 1 amide bonds. The first-order valence-corrected chi connectivity index (χ1v) is 10.8. The molecule has 1 unspecified atom stereocenters. The summed E-state index contributed by atoms with van der Waals surface area (Å²) in [6.45, 7) is 1.07. The molecule has 0 saturated heterocycles. The Morgan fingerprint density at radius 1 is 1.15 bits per heavy atom. The molecular formula is C15H16AsCl2NO7. The minimum Gasteiger partial charge on any atom is -0.483 e. The summed E-state index contributed by atoms with van der Waals surface area (Å²) in [6.07, 6.45) is 0. The molecule has 4 N–H and O–H groups in total. The van der Waals surface area contributed by atoms with Crippen LogP contribution in [0.4, 0.5) is 5.69 Å². The van der Waals surface area contributed by atoms with Crippen LogP contribution in [0.25, 0.3) is 0 Å². The van der Waals surface area contributed by atoms with Gasteiger partial charge in [0, 0.05) is 10.0 Å². The Morgan fingerprint density at radius 3 is 2.04 bits per heavy atom. The van der Waals surface area contributed by atoms with Gasteiger partial charge in [-0.3, -0.25) is 4.79 Å². The first kappa shape index (κ1) is 24.2. The molecule has 0 radical (unpaired) electrons. The molecule has 0 aliphatic heterocycles. The fourth-order valence-electron chi connectivity index (χ4n) is 1.47. The minimum absolute atomic E-state index is 0.0399. The summed E-state index contributed by atoms with van der Waals surface area (Å²) in [4.78, 5) is 19.1. The van der Waals surface area contributed by atoms with Gasteiger partial charge in [0.25, 0.3) is 6.47 Å². The Hall–Kier alpha value is -1.80. The average Bonchev–Trinajstić information content (AvgIpc) is 2.55. The number of halogens is 2. The number of benzene rings is 2. The molecular weight excluding hydrogens is 452 g/mol. The number of carbonyl (C=O) groups is 2. The molecule has 11 heteroatoms. The largest absolute Gasteiger partial charge is 0.483 e. The van der Waals surface area contributed by atoms with Crippen molar-refractivity contribution in [2.45, 2.75) is 6.92 Å². The maximum Gasteiger partial charge on any atom is 0.290 e. The van der Waals surface area contributed by atoms with E-state index in [-0.39, 0.29) is 16.7 Å². The van der Waals surface area contributed by atoms with Crippen LogP contribution < -0.4 is 9.67 Å². The standard InChI is InChI=1S/C8H10AsNO5.C6H4Cl2.CH2O2/c1-6(11)10-8-4-2-3-7(5-8)9(12,13)15-14;7-5-2-1-3-6(8)4-5;2-1-3/h2-5,14H,1H3,(H,10,11)(H,12,13);1-4H;1H,(H,2,3). The van der Waals surface area contributed by atoms with Crippen LogP contribution in [0.15, 0.2) is 48.5 Å². The van der Waals surface area contributed by atoms with Crippen LogP contribution in [-0.2, 0) is 17.2 Å². The Bertz CT molecular complexity index is 756. The number of amides is 1. The Labute approximate surface area is 162 Å². The van der Waals surface area contributed by atoms with Crippen LogP contribution in [0.5, 0.6) is 0 Å². The molecule has 0 spiro atoms. The normalized spacial score (nSPS) is 11.6. The van der Waals surface area contributed by atoms with Crippen molar-refractivity contribution in [1.29, 1.82) is 0 Å². The monoisotopic (exact) mass is 467 g/mol. The van der Waals surface area contributed by atoms with Crippen molar-refractivity contribution in [3.8, 4) is 0 Å². The third-order valence-electron chi connectivity index (χ3n) is 2.39. The van der Waals surface area contributed by atoms with Crippen LogP contribution in [-0.4, -0.2) is 41.0 Å². The number of hydrogen-bond donors (Lipinski definition) is 4. The minimum atomic E-state index is -4.83. The van der Waals surface area contributed by atoms with E-state index in [9.17, 15) is 12.6 Å². The molecule has 1 atom stereocenters. The van der Waals surface area contributed by atoms with E-state index in [4.69, 9.17) is 38.4 Å². The summed E-state index contributed by atoms with van der Waals surface area (Å²) in [5.41, 5.74) is 0.368. The van der Waals surface area contributed by atoms with Crippen LogP contribution in [0, 0.1) is 0 Å². The molecule has 0 bridgehead atoms. The van der Waals surface area contributed by atoms with E-state index in [1.807, 2.05) is 6.07 Å². The zero-order valence-electron chi connectivity index (χ0n) is 13.4. The topological polar surface area (TPSA) is 133 Å². The summed E-state index contributed by atoms with van der Waals surface area (Å²) >= 11 is 6.30. The first-order valence-electron chi connectivity index (χ1n) is 6.69. The molecule has 0 fully saturated rings. The van der Waals surface area contributed by atoms with Crippen molar-refractivity contribution >= 4 is 59.8 Å². The van der Waals surface area contributed by atoms with Gasteiger partial charge in [0.15, 0.2) is 0 Å². The zero-order chi connectivity index (χ0) is 20.2. The van der Waals surface area contributed by atoms with Crippen molar-refractivity contribution in [1.82, 2.24) is 0 Å². The summed E-state index contributed by atoms with van der Waals surface area (Å²) in [7, 11) is 0. The summed E-state index contributed by atoms with van der Waals surface area (Å²) < 4.78 is 23.9. The summed E-state index contributed by atoms with van der Waals surface area (Å²) in [6, 6.07) is 12.7. The second-order valence-electron chi connectivity index (χ2n) is 4.38. The van der Waals surface area contributed by atoms with Gasteiger partial charge in [-0.15, -0.1) is 0 Å². The molecule has 142 valence electrons. The van der Waals surface area contributed by atoms with Crippen LogP contribution >= 0.6 is 23.2 Å². The molecule has 0 heterocycles. The summed E-state index contributed by atoms with van der Waals surface area (Å²) in [5, 5.41) is 18.9. The third kappa shape index (κ3) is 10.2. The Morgan fingerprint density at radius 2 is 1.65 bits per heavy atom. The maximum absolute atomic E-state index is 11.3. The number of rotatable bonds is 3. The van der Waals surface area contributed by atoms with E-state index in [1.54, 1.807) is 24.3 Å². The summed E-state index contributed by atoms with van der Waals surface area (Å²) in [5.74, 6) is -0.294. The molecule has 26 heavy (non-hydrogen) atoms. The molecule has 0 aliphatic carbocycles. The first-order chi connectivity index (χ1) is 12.2. The van der Waals surface area contributed by atoms with Crippen LogP contribution in [0.3, 0.4) is 0 Å². The van der Waals surface area contributed by atoms with Gasteiger partial charge in [-0.2, -0.15) is 0 Å². The van der Waals surface area contributed by atoms with E-state index in [1.165, 1.54) is 25.1 Å². The smallest absolute Gasteiger partial charge is 0.290 e. The van der Waals surface area contributed by atoms with Gasteiger partial charge in [-0.25, -0.2) is 0 Å². The number of hydrogen-bond acceptors (Lipinski definition) is 5. The number of anilines is 1. The van der Waals surface area contributed by atoms with E-state index in [0.29, 0.717) is 15.7 Å². The molecule has 8 nitrogen and oxygen atoms in total. The van der Waals surface area contributed by atoms with Crippen molar-refractivity contribution in [2.75, 3.05) is 5.32 Å². The van der Waals surface area contributed by atoms with Gasteiger partial charge in [0.05, 0.1) is 0 Å². The molecule has 0 saturated carbocycles. The van der Waals surface area contributed by atoms with Gasteiger partial charge >= 0.3 is 88.4 Å². The van der Waals surface area contributed by atoms with E-state index < -0.39 is 14.2 Å². The van der Waals surface area contributed by atoms with Gasteiger partial charge in [-0.1, -0.05) is 29.3 Å². The average molecular weight is 468 g/mol. The molecule has 0 aromatic heterocycles. The third-order valence-corrected chi connectivity index (χ3v) is 5.28. The van der Waals surface area contributed by atoms with Crippen LogP contribution in [0.2, 0.25) is 10.0 Å². The van der Waals surface area contributed by atoms with Crippen molar-refractivity contribution in [3.63, 3.8) is 0 Å². The molecule has 2 rings (SSSR count). The zero-order valence-corrected chi connectivity index (χ0v) is 16.8. The molecule has 2 aromatic carbocycles. The molecule has 2 aromatic rings. The number of nitrogens with one attached hydrogen (secondary N) is 1. The van der Waals surface area contributed by atoms with Gasteiger partial charge in [-0.05, 0) is 18.2 Å². The predicted octanol–water partition coefficient (Wildman–Crippen LogP) is 2.40. The van der Waals surface area contributed by atoms with Gasteiger partial charge in [0.2, 0.25) is 0 Å². The second kappa shape index (κ2) is 12.5. The van der Waals surface area contributed by atoms with Gasteiger partial charge < -0.3 is 5.11 Å². The van der Waals surface area contributed by atoms with E-state index >= 15 is 0 Å². The number of carbonyl (C=O) groups excluding carboxylic acids is 1. The predicted molar refractivity (Wildman–Crippen MR) is 97.9 cm³/mol. The van der Waals surface area contributed by atoms with Crippen molar-refractivity contribution in [3.05, 3.63) is 58.6 Å². The Kier molecular flexibility index (Phi) is 11.7. The molecule has 0 aliphatic rings. The fourth-order valence-corrected chi connectivity index (χ4v) is 3.31. The quantitative estimate of drug-likeness (QED) is 0.235. The SMILES string of the molecule is CC(=O)Nc1cccc([As](=O)(O)OO)c1.Clc1cccc(Cl)c1.O=CO. The Balaban J connectivity index is 0.000000474. The van der Waals surface area contributed by atoms with Gasteiger partial charge in [0.1, 0.15) is 0 Å². The van der Waals surface area contributed by atoms with Crippen molar-refractivity contribution in [2.24, 2.45) is 0 Å². The fraction of sp³-hybridized carbons (Fsp3) is 0.0667. The maximum atomic E-state index is 11.3. The second-order valence-corrected chi connectivity index (χ2v) is 8.86.